The minimum Gasteiger partial charge on any atom is -0.491 e. The van der Waals surface area contributed by atoms with Crippen LogP contribution in [0, 0.1) is 0 Å². The average molecular weight is 280 g/mol. The lowest BCUT2D eigenvalue weighted by Crippen LogP contribution is -2.39. The van der Waals surface area contributed by atoms with Gasteiger partial charge in [0.1, 0.15) is 18.5 Å². The minimum absolute atomic E-state index is 0.0802. The molecule has 0 aliphatic carbocycles. The summed E-state index contributed by atoms with van der Waals surface area (Å²) in [7, 11) is 1.66. The van der Waals surface area contributed by atoms with Gasteiger partial charge in [0.25, 0.3) is 5.91 Å². The molecule has 2 rings (SSSR count). The van der Waals surface area contributed by atoms with Crippen molar-refractivity contribution in [2.75, 3.05) is 13.7 Å². The fourth-order valence-electron chi connectivity index (χ4n) is 2.20. The summed E-state index contributed by atoms with van der Waals surface area (Å²) in [4.78, 5) is 11.3. The molecule has 1 aliphatic rings. The van der Waals surface area contributed by atoms with Crippen LogP contribution in [-0.2, 0) is 20.9 Å². The summed E-state index contributed by atoms with van der Waals surface area (Å²) in [6.45, 7) is 0.973. The molecule has 0 aromatic heterocycles. The number of benzene rings is 1. The first-order chi connectivity index (χ1) is 9.72. The Kier molecular flexibility index (Phi) is 5.34. The Morgan fingerprint density at radius 1 is 1.50 bits per heavy atom. The average Bonchev–Trinajstić information content (AvgIpc) is 2.94. The molecule has 1 aromatic carbocycles. The van der Waals surface area contributed by atoms with Crippen LogP contribution in [0.15, 0.2) is 24.3 Å². The number of carbonyl (C=O) groups is 1. The van der Waals surface area contributed by atoms with E-state index < -0.39 is 6.10 Å². The van der Waals surface area contributed by atoms with Crippen molar-refractivity contribution < 1.29 is 19.0 Å². The van der Waals surface area contributed by atoms with Crippen LogP contribution in [0.5, 0.6) is 5.75 Å². The Hall–Kier alpha value is -1.63. The zero-order chi connectivity index (χ0) is 14.4. The highest BCUT2D eigenvalue weighted by atomic mass is 16.5. The highest BCUT2D eigenvalue weighted by molar-refractivity contribution is 5.80. The van der Waals surface area contributed by atoms with Crippen molar-refractivity contribution in [2.45, 2.75) is 31.7 Å². The van der Waals surface area contributed by atoms with Crippen LogP contribution in [0.25, 0.3) is 0 Å². The van der Waals surface area contributed by atoms with Crippen molar-refractivity contribution in [2.24, 2.45) is 5.84 Å². The molecule has 2 unspecified atom stereocenters. The third-order valence-corrected chi connectivity index (χ3v) is 3.19. The van der Waals surface area contributed by atoms with Gasteiger partial charge in [-0.25, -0.2) is 5.84 Å². The van der Waals surface area contributed by atoms with Gasteiger partial charge in [-0.3, -0.25) is 10.2 Å². The zero-order valence-electron chi connectivity index (χ0n) is 11.5. The van der Waals surface area contributed by atoms with Crippen molar-refractivity contribution in [3.63, 3.8) is 0 Å². The van der Waals surface area contributed by atoms with Gasteiger partial charge in [-0.1, -0.05) is 12.1 Å². The summed E-state index contributed by atoms with van der Waals surface area (Å²) in [5.41, 5.74) is 3.16. The van der Waals surface area contributed by atoms with Crippen molar-refractivity contribution in [1.29, 1.82) is 0 Å². The number of nitrogens with two attached hydrogens (primary N) is 1. The van der Waals surface area contributed by atoms with E-state index in [2.05, 4.69) is 5.43 Å². The molecule has 1 aliphatic heterocycles. The molecule has 0 radical (unpaired) electrons. The standard InChI is InChI=1S/C14H20N2O4/c1-18-8-10-3-2-4-11(7-10)19-9-12-5-6-13(20-12)14(17)16-15/h2-4,7,12-13H,5-6,8-9,15H2,1H3,(H,16,17). The van der Waals surface area contributed by atoms with Gasteiger partial charge in [-0.05, 0) is 30.5 Å². The van der Waals surface area contributed by atoms with E-state index in [1.165, 1.54) is 0 Å². The zero-order valence-corrected chi connectivity index (χ0v) is 11.5. The fourth-order valence-corrected chi connectivity index (χ4v) is 2.20. The lowest BCUT2D eigenvalue weighted by atomic mass is 10.2. The highest BCUT2D eigenvalue weighted by Crippen LogP contribution is 2.21. The van der Waals surface area contributed by atoms with Gasteiger partial charge in [-0.15, -0.1) is 0 Å². The van der Waals surface area contributed by atoms with Gasteiger partial charge >= 0.3 is 0 Å². The van der Waals surface area contributed by atoms with Gasteiger partial charge in [0.05, 0.1) is 12.7 Å². The molecule has 6 heteroatoms. The van der Waals surface area contributed by atoms with Crippen LogP contribution in [0.4, 0.5) is 0 Å². The number of hydrogen-bond acceptors (Lipinski definition) is 5. The first-order valence-corrected chi connectivity index (χ1v) is 6.59. The van der Waals surface area contributed by atoms with Crippen LogP contribution in [0.2, 0.25) is 0 Å². The lowest BCUT2D eigenvalue weighted by Gasteiger charge is -2.14. The van der Waals surface area contributed by atoms with Crippen LogP contribution in [0.1, 0.15) is 18.4 Å². The second-order valence-electron chi connectivity index (χ2n) is 4.72. The molecule has 3 N–H and O–H groups in total. The normalized spacial score (nSPS) is 21.7. The number of hydrogen-bond donors (Lipinski definition) is 2. The molecule has 0 saturated carbocycles. The Balaban J connectivity index is 1.81. The summed E-state index contributed by atoms with van der Waals surface area (Å²) in [6.07, 6.45) is 0.910. The number of hydrazine groups is 1. The number of rotatable bonds is 6. The monoisotopic (exact) mass is 280 g/mol. The first-order valence-electron chi connectivity index (χ1n) is 6.59. The third kappa shape index (κ3) is 3.93. The molecule has 1 aromatic rings. The number of nitrogens with one attached hydrogen (secondary N) is 1. The van der Waals surface area contributed by atoms with E-state index >= 15 is 0 Å². The van der Waals surface area contributed by atoms with Gasteiger partial charge in [0.15, 0.2) is 0 Å². The molecular formula is C14H20N2O4. The van der Waals surface area contributed by atoms with Crippen molar-refractivity contribution in [1.82, 2.24) is 5.43 Å². The summed E-state index contributed by atoms with van der Waals surface area (Å²) >= 11 is 0. The molecule has 6 nitrogen and oxygen atoms in total. The first kappa shape index (κ1) is 14.8. The Labute approximate surface area is 118 Å². The molecule has 20 heavy (non-hydrogen) atoms. The molecular weight excluding hydrogens is 260 g/mol. The van der Waals surface area contributed by atoms with Crippen molar-refractivity contribution >= 4 is 5.91 Å². The number of carbonyl (C=O) groups excluding carboxylic acids is 1. The number of amides is 1. The van der Waals surface area contributed by atoms with E-state index in [0.717, 1.165) is 17.7 Å². The topological polar surface area (TPSA) is 82.8 Å². The molecule has 1 saturated heterocycles. The second kappa shape index (κ2) is 7.23. The number of methoxy groups -OCH3 is 1. The largest absolute Gasteiger partial charge is 0.491 e. The summed E-state index contributed by atoms with van der Waals surface area (Å²) in [6, 6.07) is 7.72. The van der Waals surface area contributed by atoms with E-state index in [-0.39, 0.29) is 12.0 Å². The smallest absolute Gasteiger partial charge is 0.263 e. The molecule has 1 fully saturated rings. The fraction of sp³-hybridized carbons (Fsp3) is 0.500. The van der Waals surface area contributed by atoms with E-state index in [0.29, 0.717) is 19.6 Å². The van der Waals surface area contributed by atoms with Crippen molar-refractivity contribution in [3.8, 4) is 5.75 Å². The Bertz CT molecular complexity index is 453. The van der Waals surface area contributed by atoms with E-state index in [4.69, 9.17) is 20.1 Å². The quantitative estimate of drug-likeness (QED) is 0.456. The predicted octanol–water partition coefficient (Wildman–Crippen LogP) is 0.749. The van der Waals surface area contributed by atoms with Gasteiger partial charge in [-0.2, -0.15) is 0 Å². The number of ether oxygens (including phenoxy) is 3. The van der Waals surface area contributed by atoms with Gasteiger partial charge in [0, 0.05) is 7.11 Å². The molecule has 0 spiro atoms. The maximum Gasteiger partial charge on any atom is 0.263 e. The van der Waals surface area contributed by atoms with Gasteiger partial charge < -0.3 is 14.2 Å². The molecule has 1 amide bonds. The van der Waals surface area contributed by atoms with Crippen LogP contribution >= 0.6 is 0 Å². The lowest BCUT2D eigenvalue weighted by molar-refractivity contribution is -0.132. The van der Waals surface area contributed by atoms with Crippen LogP contribution in [-0.4, -0.2) is 31.8 Å². The molecule has 2 atom stereocenters. The minimum atomic E-state index is -0.464. The molecule has 0 bridgehead atoms. The van der Waals surface area contributed by atoms with Crippen LogP contribution < -0.4 is 16.0 Å². The summed E-state index contributed by atoms with van der Waals surface area (Å²) in [5, 5.41) is 0. The van der Waals surface area contributed by atoms with Gasteiger partial charge in [0.2, 0.25) is 0 Å². The van der Waals surface area contributed by atoms with E-state index in [1.54, 1.807) is 7.11 Å². The van der Waals surface area contributed by atoms with Crippen molar-refractivity contribution in [3.05, 3.63) is 29.8 Å². The predicted molar refractivity (Wildman–Crippen MR) is 72.9 cm³/mol. The molecule has 110 valence electrons. The summed E-state index contributed by atoms with van der Waals surface area (Å²) < 4.78 is 16.3. The Morgan fingerprint density at radius 2 is 2.35 bits per heavy atom. The van der Waals surface area contributed by atoms with Crippen LogP contribution in [0.3, 0.4) is 0 Å². The third-order valence-electron chi connectivity index (χ3n) is 3.19. The maximum atomic E-state index is 11.3. The molecule has 1 heterocycles. The van der Waals surface area contributed by atoms with E-state index in [1.807, 2.05) is 24.3 Å². The maximum absolute atomic E-state index is 11.3. The Morgan fingerprint density at radius 3 is 3.10 bits per heavy atom. The highest BCUT2D eigenvalue weighted by Gasteiger charge is 2.30. The second-order valence-corrected chi connectivity index (χ2v) is 4.72. The summed E-state index contributed by atoms with van der Waals surface area (Å²) in [5.74, 6) is 5.58. The van der Waals surface area contributed by atoms with E-state index in [9.17, 15) is 4.79 Å². The SMILES string of the molecule is COCc1cccc(OCC2CCC(C(=O)NN)O2)c1.